The molecule has 0 radical (unpaired) electrons. The van der Waals surface area contributed by atoms with Crippen LogP contribution in [-0.4, -0.2) is 46.4 Å². The smallest absolute Gasteiger partial charge is 0.295 e. The van der Waals surface area contributed by atoms with Crippen molar-refractivity contribution in [1.82, 2.24) is 9.88 Å². The van der Waals surface area contributed by atoms with Gasteiger partial charge < -0.3 is 19.5 Å². The highest BCUT2D eigenvalue weighted by molar-refractivity contribution is 6.46. The number of hydrogen-bond donors (Lipinski definition) is 1. The van der Waals surface area contributed by atoms with Crippen molar-refractivity contribution < 1.29 is 24.2 Å². The van der Waals surface area contributed by atoms with Crippen LogP contribution in [0.15, 0.2) is 78.6 Å². The van der Waals surface area contributed by atoms with Gasteiger partial charge in [0.25, 0.3) is 11.7 Å². The van der Waals surface area contributed by atoms with E-state index < -0.39 is 17.7 Å². The van der Waals surface area contributed by atoms with Gasteiger partial charge in [-0.3, -0.25) is 14.6 Å². The molecule has 7 nitrogen and oxygen atoms in total. The summed E-state index contributed by atoms with van der Waals surface area (Å²) in [5.74, 6) is -0.545. The van der Waals surface area contributed by atoms with Crippen LogP contribution < -0.4 is 9.47 Å². The number of Topliss-reactive ketones (excluding diaryl/α,β-unsaturated/α-hetero) is 1. The van der Waals surface area contributed by atoms with E-state index in [1.165, 1.54) is 4.90 Å². The second kappa shape index (κ2) is 8.78. The van der Waals surface area contributed by atoms with E-state index in [9.17, 15) is 14.7 Å². The fourth-order valence-corrected chi connectivity index (χ4v) is 4.24. The lowest BCUT2D eigenvalue weighted by Crippen LogP contribution is -2.31. The molecule has 33 heavy (non-hydrogen) atoms. The molecule has 2 aromatic carbocycles. The Labute approximate surface area is 190 Å². The van der Waals surface area contributed by atoms with Crippen molar-refractivity contribution in [2.24, 2.45) is 0 Å². The molecule has 1 atom stereocenters. The Morgan fingerprint density at radius 2 is 1.79 bits per heavy atom. The Hall–Kier alpha value is -4.13. The third-order valence-electron chi connectivity index (χ3n) is 5.84. The molecule has 1 fully saturated rings. The average molecular weight is 442 g/mol. The van der Waals surface area contributed by atoms with E-state index >= 15 is 0 Å². The maximum Gasteiger partial charge on any atom is 0.295 e. The van der Waals surface area contributed by atoms with E-state index in [1.54, 1.807) is 42.7 Å². The molecule has 0 bridgehead atoms. The van der Waals surface area contributed by atoms with Crippen molar-refractivity contribution in [1.29, 1.82) is 0 Å². The molecular formula is C26H22N2O5. The molecule has 1 aromatic heterocycles. The molecule has 0 saturated carbocycles. The normalized spacial score (nSPS) is 19.0. The highest BCUT2D eigenvalue weighted by Gasteiger charge is 2.46. The monoisotopic (exact) mass is 442 g/mol. The Bertz CT molecular complexity index is 1220. The van der Waals surface area contributed by atoms with E-state index in [1.807, 2.05) is 30.3 Å². The van der Waals surface area contributed by atoms with Crippen LogP contribution >= 0.6 is 0 Å². The van der Waals surface area contributed by atoms with Gasteiger partial charge in [0.15, 0.2) is 11.5 Å². The molecule has 1 amide bonds. The number of aliphatic hydroxyl groups excluding tert-OH is 1. The summed E-state index contributed by atoms with van der Waals surface area (Å²) in [6.07, 6.45) is 3.82. The Kier molecular flexibility index (Phi) is 5.52. The van der Waals surface area contributed by atoms with Crippen LogP contribution in [0.4, 0.5) is 0 Å². The molecule has 7 heteroatoms. The maximum absolute atomic E-state index is 13.1. The van der Waals surface area contributed by atoms with Gasteiger partial charge in [-0.1, -0.05) is 36.4 Å². The van der Waals surface area contributed by atoms with Crippen molar-refractivity contribution in [2.45, 2.75) is 12.5 Å². The number of benzene rings is 2. The Balaban J connectivity index is 1.56. The third-order valence-corrected chi connectivity index (χ3v) is 5.84. The van der Waals surface area contributed by atoms with Crippen LogP contribution in [0.5, 0.6) is 11.5 Å². The first-order chi connectivity index (χ1) is 16.1. The van der Waals surface area contributed by atoms with Gasteiger partial charge in [0.1, 0.15) is 19.0 Å². The summed E-state index contributed by atoms with van der Waals surface area (Å²) in [6, 6.07) is 17.5. The topological polar surface area (TPSA) is 89.0 Å². The Morgan fingerprint density at radius 1 is 1.00 bits per heavy atom. The van der Waals surface area contributed by atoms with Crippen LogP contribution in [-0.2, 0) is 16.0 Å². The predicted molar refractivity (Wildman–Crippen MR) is 121 cm³/mol. The largest absolute Gasteiger partial charge is 0.507 e. The van der Waals surface area contributed by atoms with Gasteiger partial charge in [-0.2, -0.15) is 0 Å². The van der Waals surface area contributed by atoms with Crippen LogP contribution in [0.2, 0.25) is 0 Å². The molecule has 166 valence electrons. The molecule has 3 aromatic rings. The quantitative estimate of drug-likeness (QED) is 0.370. The summed E-state index contributed by atoms with van der Waals surface area (Å²) in [5, 5.41) is 11.2. The SMILES string of the molecule is O=C1C(=O)N(CCc2ccccc2)[C@@H](c2cccnc2)C1=C(O)c1ccc2c(c1)OCCO2. The van der Waals surface area contributed by atoms with Crippen LogP contribution in [0.3, 0.4) is 0 Å². The van der Waals surface area contributed by atoms with Gasteiger partial charge in [0, 0.05) is 24.5 Å². The zero-order valence-corrected chi connectivity index (χ0v) is 17.8. The van der Waals surface area contributed by atoms with E-state index in [0.29, 0.717) is 48.8 Å². The number of hydrogen-bond acceptors (Lipinski definition) is 6. The summed E-state index contributed by atoms with van der Waals surface area (Å²) in [4.78, 5) is 31.9. The number of nitrogens with zero attached hydrogens (tertiary/aromatic N) is 2. The number of carbonyl (C=O) groups excluding carboxylic acids is 2. The lowest BCUT2D eigenvalue weighted by molar-refractivity contribution is -0.139. The van der Waals surface area contributed by atoms with Gasteiger partial charge in [0.2, 0.25) is 0 Å². The van der Waals surface area contributed by atoms with Crippen molar-refractivity contribution in [2.75, 3.05) is 19.8 Å². The first kappa shape index (κ1) is 20.8. The first-order valence-corrected chi connectivity index (χ1v) is 10.8. The second-order valence-corrected chi connectivity index (χ2v) is 7.87. The van der Waals surface area contributed by atoms with Crippen LogP contribution in [0, 0.1) is 0 Å². The number of pyridine rings is 1. The van der Waals surface area contributed by atoms with Crippen molar-refractivity contribution in [3.05, 3.63) is 95.3 Å². The Morgan fingerprint density at radius 3 is 2.55 bits per heavy atom. The maximum atomic E-state index is 13.1. The van der Waals surface area contributed by atoms with Crippen molar-refractivity contribution >= 4 is 17.4 Å². The number of fused-ring (bicyclic) bond motifs is 1. The number of amides is 1. The van der Waals surface area contributed by atoms with E-state index in [2.05, 4.69) is 4.98 Å². The molecule has 2 aliphatic heterocycles. The number of carbonyl (C=O) groups is 2. The van der Waals surface area contributed by atoms with Gasteiger partial charge in [-0.15, -0.1) is 0 Å². The minimum atomic E-state index is -0.740. The van der Waals surface area contributed by atoms with Gasteiger partial charge in [0.05, 0.1) is 11.6 Å². The average Bonchev–Trinajstić information content (AvgIpc) is 3.12. The van der Waals surface area contributed by atoms with Crippen LogP contribution in [0.1, 0.15) is 22.7 Å². The third kappa shape index (κ3) is 3.93. The highest BCUT2D eigenvalue weighted by Crippen LogP contribution is 2.40. The van der Waals surface area contributed by atoms with Crippen molar-refractivity contribution in [3.63, 3.8) is 0 Å². The number of likely N-dealkylation sites (tertiary alicyclic amines) is 1. The van der Waals surface area contributed by atoms with Gasteiger partial charge >= 0.3 is 0 Å². The minimum absolute atomic E-state index is 0.0396. The number of ether oxygens (including phenoxy) is 2. The molecule has 1 saturated heterocycles. The molecule has 2 aliphatic rings. The lowest BCUT2D eigenvalue weighted by Gasteiger charge is -2.25. The number of aromatic nitrogens is 1. The summed E-state index contributed by atoms with van der Waals surface area (Å²) >= 11 is 0. The fourth-order valence-electron chi connectivity index (χ4n) is 4.24. The fraction of sp³-hybridized carbons (Fsp3) is 0.192. The zero-order valence-electron chi connectivity index (χ0n) is 17.8. The van der Waals surface area contributed by atoms with Gasteiger partial charge in [-0.25, -0.2) is 0 Å². The van der Waals surface area contributed by atoms with Crippen molar-refractivity contribution in [3.8, 4) is 11.5 Å². The molecule has 0 unspecified atom stereocenters. The minimum Gasteiger partial charge on any atom is -0.507 e. The zero-order chi connectivity index (χ0) is 22.8. The first-order valence-electron chi connectivity index (χ1n) is 10.8. The van der Waals surface area contributed by atoms with E-state index in [4.69, 9.17) is 9.47 Å². The van der Waals surface area contributed by atoms with E-state index in [0.717, 1.165) is 5.56 Å². The summed E-state index contributed by atoms with van der Waals surface area (Å²) in [5.41, 5.74) is 2.13. The lowest BCUT2D eigenvalue weighted by atomic mass is 9.96. The molecule has 1 N–H and O–H groups in total. The highest BCUT2D eigenvalue weighted by atomic mass is 16.6. The second-order valence-electron chi connectivity index (χ2n) is 7.87. The summed E-state index contributed by atoms with van der Waals surface area (Å²) in [6.45, 7) is 1.18. The molecule has 3 heterocycles. The summed E-state index contributed by atoms with van der Waals surface area (Å²) in [7, 11) is 0. The van der Waals surface area contributed by atoms with E-state index in [-0.39, 0.29) is 11.3 Å². The standard InChI is InChI=1S/C26H22N2O5/c29-24(18-8-9-20-21(15-18)33-14-13-32-20)22-23(19-7-4-11-27-16-19)28(26(31)25(22)30)12-10-17-5-2-1-3-6-17/h1-9,11,15-16,23,29H,10,12-14H2/t23-/m0/s1. The molecule has 0 spiro atoms. The molecular weight excluding hydrogens is 420 g/mol. The summed E-state index contributed by atoms with van der Waals surface area (Å²) < 4.78 is 11.2. The van der Waals surface area contributed by atoms with Crippen LogP contribution in [0.25, 0.3) is 5.76 Å². The van der Waals surface area contributed by atoms with Gasteiger partial charge in [-0.05, 0) is 41.8 Å². The number of ketones is 1. The molecule has 5 rings (SSSR count). The number of aliphatic hydroxyl groups is 1. The predicted octanol–water partition coefficient (Wildman–Crippen LogP) is 3.52. The number of rotatable bonds is 5. The molecule has 0 aliphatic carbocycles.